The molecule has 0 unspecified atom stereocenters. The molecule has 7 nitrogen and oxygen atoms in total. The van der Waals surface area contributed by atoms with E-state index in [1.165, 1.54) is 5.56 Å². The highest BCUT2D eigenvalue weighted by Crippen LogP contribution is 2.36. The SMILES string of the molecule is CC=CN1CCC(c2cnn3c(C(N)=O)c(-c4ccc(Oc5ccccc5)cc4)n(C)c23)CC1. The second-order valence-electron chi connectivity index (χ2n) is 8.69. The third kappa shape index (κ3) is 3.94. The van der Waals surface area contributed by atoms with Crippen molar-refractivity contribution in [3.63, 3.8) is 0 Å². The maximum absolute atomic E-state index is 12.5. The first-order chi connectivity index (χ1) is 16.6. The molecule has 34 heavy (non-hydrogen) atoms. The van der Waals surface area contributed by atoms with Gasteiger partial charge in [0.2, 0.25) is 0 Å². The van der Waals surface area contributed by atoms with Gasteiger partial charge in [-0.1, -0.05) is 24.3 Å². The number of rotatable bonds is 6. The smallest absolute Gasteiger partial charge is 0.269 e. The van der Waals surface area contributed by atoms with Crippen LogP contribution in [0.2, 0.25) is 0 Å². The van der Waals surface area contributed by atoms with Gasteiger partial charge < -0.3 is 19.9 Å². The van der Waals surface area contributed by atoms with Crippen LogP contribution in [-0.4, -0.2) is 38.1 Å². The van der Waals surface area contributed by atoms with Crippen LogP contribution in [0.4, 0.5) is 0 Å². The van der Waals surface area contributed by atoms with E-state index in [0.29, 0.717) is 11.6 Å². The number of ether oxygens (including phenoxy) is 1. The van der Waals surface area contributed by atoms with Crippen LogP contribution >= 0.6 is 0 Å². The average Bonchev–Trinajstić information content (AvgIpc) is 3.40. The summed E-state index contributed by atoms with van der Waals surface area (Å²) in [5.74, 6) is 1.39. The number of benzene rings is 2. The van der Waals surface area contributed by atoms with E-state index < -0.39 is 5.91 Å². The highest BCUT2D eigenvalue weighted by atomic mass is 16.5. The number of imidazole rings is 1. The second kappa shape index (κ2) is 9.09. The number of aryl methyl sites for hydroxylation is 1. The molecule has 2 N–H and O–H groups in total. The summed E-state index contributed by atoms with van der Waals surface area (Å²) < 4.78 is 9.68. The number of carbonyl (C=O) groups excluding carboxylic acids is 1. The van der Waals surface area contributed by atoms with Crippen molar-refractivity contribution >= 4 is 11.6 Å². The zero-order valence-electron chi connectivity index (χ0n) is 19.5. The number of amides is 1. The Bertz CT molecular complexity index is 1330. The van der Waals surface area contributed by atoms with Gasteiger partial charge in [-0.3, -0.25) is 4.79 Å². The molecule has 1 saturated heterocycles. The van der Waals surface area contributed by atoms with Gasteiger partial charge in [-0.05, 0) is 68.3 Å². The lowest BCUT2D eigenvalue weighted by atomic mass is 9.91. The Morgan fingerprint density at radius 3 is 2.38 bits per heavy atom. The molecule has 0 spiro atoms. The minimum Gasteiger partial charge on any atom is -0.457 e. The number of allylic oxidation sites excluding steroid dienone is 1. The molecule has 1 fully saturated rings. The highest BCUT2D eigenvalue weighted by Gasteiger charge is 2.28. The fourth-order valence-corrected chi connectivity index (χ4v) is 4.93. The summed E-state index contributed by atoms with van der Waals surface area (Å²) in [7, 11) is 1.98. The quantitative estimate of drug-likeness (QED) is 0.447. The van der Waals surface area contributed by atoms with Gasteiger partial charge in [0.1, 0.15) is 17.1 Å². The number of hydrogen-bond acceptors (Lipinski definition) is 4. The molecule has 1 aliphatic heterocycles. The molecule has 0 bridgehead atoms. The van der Waals surface area contributed by atoms with Crippen LogP contribution in [-0.2, 0) is 7.05 Å². The number of fused-ring (bicyclic) bond motifs is 1. The Morgan fingerprint density at radius 2 is 1.74 bits per heavy atom. The van der Waals surface area contributed by atoms with E-state index in [1.54, 1.807) is 4.52 Å². The highest BCUT2D eigenvalue weighted by molar-refractivity contribution is 5.99. The molecule has 4 aromatic rings. The maximum atomic E-state index is 12.5. The van der Waals surface area contributed by atoms with Crippen LogP contribution in [0.5, 0.6) is 11.5 Å². The van der Waals surface area contributed by atoms with E-state index in [-0.39, 0.29) is 0 Å². The summed E-state index contributed by atoms with van der Waals surface area (Å²) in [6.07, 6.45) is 8.23. The number of carbonyl (C=O) groups is 1. The van der Waals surface area contributed by atoms with Crippen molar-refractivity contribution in [2.75, 3.05) is 13.1 Å². The van der Waals surface area contributed by atoms with E-state index >= 15 is 0 Å². The Hall–Kier alpha value is -4.00. The molecule has 5 rings (SSSR count). The van der Waals surface area contributed by atoms with Gasteiger partial charge in [0.05, 0.1) is 11.9 Å². The van der Waals surface area contributed by atoms with Gasteiger partial charge in [-0.2, -0.15) is 5.10 Å². The predicted octanol–water partition coefficient (Wildman–Crippen LogP) is 4.94. The third-order valence-electron chi connectivity index (χ3n) is 6.53. The normalized spacial score (nSPS) is 14.8. The van der Waals surface area contributed by atoms with Crippen LogP contribution in [0.3, 0.4) is 0 Å². The molecule has 0 atom stereocenters. The lowest BCUT2D eigenvalue weighted by Gasteiger charge is -2.30. The Kier molecular flexibility index (Phi) is 5.84. The van der Waals surface area contributed by atoms with Gasteiger partial charge in [-0.15, -0.1) is 0 Å². The van der Waals surface area contributed by atoms with Crippen molar-refractivity contribution in [3.05, 3.63) is 84.3 Å². The van der Waals surface area contributed by atoms with Crippen molar-refractivity contribution in [1.29, 1.82) is 0 Å². The van der Waals surface area contributed by atoms with Crippen molar-refractivity contribution in [3.8, 4) is 22.8 Å². The lowest BCUT2D eigenvalue weighted by molar-refractivity contribution is 0.0994. The second-order valence-corrected chi connectivity index (χ2v) is 8.69. The minimum absolute atomic E-state index is 0.392. The van der Waals surface area contributed by atoms with Crippen molar-refractivity contribution < 1.29 is 9.53 Å². The minimum atomic E-state index is -0.497. The standard InChI is InChI=1S/C27H29N5O2/c1-3-15-31-16-13-19(14-17-31)23-18-29-32-25(26(28)33)24(30(2)27(23)32)20-9-11-22(12-10-20)34-21-7-5-4-6-8-21/h3-12,15,18-19H,13-14,16-17H2,1-2H3,(H2,28,33). The van der Waals surface area contributed by atoms with Crippen molar-refractivity contribution in [1.82, 2.24) is 19.1 Å². The third-order valence-corrected chi connectivity index (χ3v) is 6.53. The molecule has 1 aliphatic rings. The number of piperidine rings is 1. The van der Waals surface area contributed by atoms with Gasteiger partial charge in [0.15, 0.2) is 5.69 Å². The van der Waals surface area contributed by atoms with Crippen LogP contribution in [0.15, 0.2) is 73.1 Å². The Morgan fingerprint density at radius 1 is 1.06 bits per heavy atom. The first-order valence-electron chi connectivity index (χ1n) is 11.6. The Labute approximate surface area is 199 Å². The summed E-state index contributed by atoms with van der Waals surface area (Å²) >= 11 is 0. The van der Waals surface area contributed by atoms with Gasteiger partial charge >= 0.3 is 0 Å². The van der Waals surface area contributed by atoms with E-state index in [0.717, 1.165) is 54.3 Å². The van der Waals surface area contributed by atoms with E-state index in [1.807, 2.05) is 79.3 Å². The Balaban J connectivity index is 1.50. The van der Waals surface area contributed by atoms with E-state index in [9.17, 15) is 4.79 Å². The zero-order valence-corrected chi connectivity index (χ0v) is 19.5. The summed E-state index contributed by atoms with van der Waals surface area (Å²) in [6.45, 7) is 4.06. The largest absolute Gasteiger partial charge is 0.457 e. The number of nitrogens with two attached hydrogens (primary N) is 1. The number of hydrogen-bond donors (Lipinski definition) is 1. The predicted molar refractivity (Wildman–Crippen MR) is 133 cm³/mol. The topological polar surface area (TPSA) is 77.8 Å². The van der Waals surface area contributed by atoms with E-state index in [2.05, 4.69) is 22.3 Å². The maximum Gasteiger partial charge on any atom is 0.269 e. The monoisotopic (exact) mass is 455 g/mol. The molecule has 7 heteroatoms. The van der Waals surface area contributed by atoms with Crippen LogP contribution in [0.25, 0.3) is 16.9 Å². The number of likely N-dealkylation sites (tertiary alicyclic amines) is 1. The molecular formula is C27H29N5O2. The van der Waals surface area contributed by atoms with Gasteiger partial charge in [0.25, 0.3) is 5.91 Å². The summed E-state index contributed by atoms with van der Waals surface area (Å²) in [6, 6.07) is 17.4. The van der Waals surface area contributed by atoms with Crippen LogP contribution < -0.4 is 10.5 Å². The summed E-state index contributed by atoms with van der Waals surface area (Å²) in [5, 5.41) is 4.59. The molecule has 0 aliphatic carbocycles. The van der Waals surface area contributed by atoms with Gasteiger partial charge in [-0.25, -0.2) is 4.52 Å². The molecule has 0 radical (unpaired) electrons. The molecule has 2 aromatic heterocycles. The molecule has 2 aromatic carbocycles. The molecule has 3 heterocycles. The van der Waals surface area contributed by atoms with E-state index in [4.69, 9.17) is 10.5 Å². The van der Waals surface area contributed by atoms with Crippen LogP contribution in [0, 0.1) is 0 Å². The molecule has 1 amide bonds. The number of para-hydroxylation sites is 1. The zero-order chi connectivity index (χ0) is 23.7. The molecule has 174 valence electrons. The number of primary amides is 1. The summed E-state index contributed by atoms with van der Waals surface area (Å²) in [4.78, 5) is 14.9. The van der Waals surface area contributed by atoms with Crippen molar-refractivity contribution in [2.24, 2.45) is 12.8 Å². The molecular weight excluding hydrogens is 426 g/mol. The van der Waals surface area contributed by atoms with Gasteiger partial charge in [0, 0.05) is 31.3 Å². The first kappa shape index (κ1) is 21.8. The average molecular weight is 456 g/mol. The lowest BCUT2D eigenvalue weighted by Crippen LogP contribution is -2.28. The van der Waals surface area contributed by atoms with Crippen molar-refractivity contribution in [2.45, 2.75) is 25.7 Å². The first-order valence-corrected chi connectivity index (χ1v) is 11.6. The van der Waals surface area contributed by atoms with Crippen LogP contribution in [0.1, 0.15) is 41.7 Å². The molecule has 0 saturated carbocycles. The number of aromatic nitrogens is 3. The fraction of sp³-hybridized carbons (Fsp3) is 0.259. The fourth-order valence-electron chi connectivity index (χ4n) is 4.93. The summed E-state index contributed by atoms with van der Waals surface area (Å²) in [5.41, 5.74) is 9.99. The number of nitrogens with zero attached hydrogens (tertiary/aromatic N) is 4.